The summed E-state index contributed by atoms with van der Waals surface area (Å²) in [7, 11) is 3.10. The molecule has 9 heteroatoms. The number of amides is 1. The minimum atomic E-state index is -0.881. The Balaban J connectivity index is 1.84. The minimum absolute atomic E-state index is 0.115. The van der Waals surface area contributed by atoms with Gasteiger partial charge >= 0.3 is 0 Å². The highest BCUT2D eigenvalue weighted by Gasteiger charge is 2.27. The summed E-state index contributed by atoms with van der Waals surface area (Å²) >= 11 is 0. The molecule has 0 spiro atoms. The van der Waals surface area contributed by atoms with Crippen molar-refractivity contribution in [3.8, 4) is 22.8 Å². The monoisotopic (exact) mass is 448 g/mol. The van der Waals surface area contributed by atoms with Crippen molar-refractivity contribution in [2.24, 2.45) is 0 Å². The molecular formula is C24H24N4O5. The summed E-state index contributed by atoms with van der Waals surface area (Å²) in [6.07, 6.45) is 0.327. The standard InChI is InChI=1S/C24H24N4O5/c1-5-18(23(29)25-17-11-6-7-12-19(17)32-4)28-24(30)22-20(14(2)33-27-22)21(26-28)15-9-8-10-16(13-15)31-3/h6-13,18H,5H2,1-4H3,(H,25,29)/t18-/m1/s1. The second-order valence-corrected chi connectivity index (χ2v) is 7.41. The van der Waals surface area contributed by atoms with E-state index in [9.17, 15) is 9.59 Å². The van der Waals surface area contributed by atoms with Crippen molar-refractivity contribution >= 4 is 22.5 Å². The molecule has 0 aliphatic rings. The second-order valence-electron chi connectivity index (χ2n) is 7.41. The van der Waals surface area contributed by atoms with Crippen LogP contribution in [0.5, 0.6) is 11.5 Å². The highest BCUT2D eigenvalue weighted by molar-refractivity contribution is 5.96. The van der Waals surface area contributed by atoms with Gasteiger partial charge in [0.05, 0.1) is 25.3 Å². The average Bonchev–Trinajstić information content (AvgIpc) is 3.23. The van der Waals surface area contributed by atoms with Gasteiger partial charge in [-0.3, -0.25) is 9.59 Å². The normalized spacial score (nSPS) is 11.9. The van der Waals surface area contributed by atoms with Gasteiger partial charge in [0.25, 0.3) is 5.56 Å². The number of ether oxygens (including phenoxy) is 2. The van der Waals surface area contributed by atoms with Crippen molar-refractivity contribution < 1.29 is 18.8 Å². The van der Waals surface area contributed by atoms with Gasteiger partial charge in [-0.05, 0) is 37.6 Å². The number of methoxy groups -OCH3 is 2. The summed E-state index contributed by atoms with van der Waals surface area (Å²) in [5.41, 5.74) is 1.30. The van der Waals surface area contributed by atoms with E-state index in [0.29, 0.717) is 46.0 Å². The highest BCUT2D eigenvalue weighted by atomic mass is 16.5. The van der Waals surface area contributed by atoms with Crippen molar-refractivity contribution in [1.29, 1.82) is 0 Å². The van der Waals surface area contributed by atoms with Crippen molar-refractivity contribution in [3.05, 3.63) is 64.6 Å². The molecule has 9 nitrogen and oxygen atoms in total. The third-order valence-corrected chi connectivity index (χ3v) is 5.41. The number of carbonyl (C=O) groups is 1. The quantitative estimate of drug-likeness (QED) is 0.456. The fraction of sp³-hybridized carbons (Fsp3) is 0.250. The molecule has 1 amide bonds. The lowest BCUT2D eigenvalue weighted by atomic mass is 10.1. The van der Waals surface area contributed by atoms with Crippen molar-refractivity contribution in [3.63, 3.8) is 0 Å². The minimum Gasteiger partial charge on any atom is -0.497 e. The number of hydrogen-bond acceptors (Lipinski definition) is 7. The van der Waals surface area contributed by atoms with E-state index in [0.717, 1.165) is 0 Å². The van der Waals surface area contributed by atoms with Crippen LogP contribution in [0.3, 0.4) is 0 Å². The van der Waals surface area contributed by atoms with Crippen molar-refractivity contribution in [1.82, 2.24) is 14.9 Å². The molecule has 0 saturated heterocycles. The van der Waals surface area contributed by atoms with E-state index >= 15 is 0 Å². The molecule has 0 aliphatic carbocycles. The molecule has 1 atom stereocenters. The zero-order chi connectivity index (χ0) is 23.5. The molecule has 1 N–H and O–H groups in total. The Morgan fingerprint density at radius 1 is 1.15 bits per heavy atom. The molecule has 2 heterocycles. The maximum absolute atomic E-state index is 13.3. The lowest BCUT2D eigenvalue weighted by Crippen LogP contribution is -2.35. The molecule has 4 aromatic rings. The smallest absolute Gasteiger partial charge is 0.297 e. The van der Waals surface area contributed by atoms with Crippen LogP contribution in [0.2, 0.25) is 0 Å². The number of para-hydroxylation sites is 2. The van der Waals surface area contributed by atoms with Gasteiger partial charge in [0.1, 0.15) is 29.0 Å². The summed E-state index contributed by atoms with van der Waals surface area (Å²) in [6, 6.07) is 13.5. The first-order chi connectivity index (χ1) is 16.0. The van der Waals surface area contributed by atoms with E-state index in [-0.39, 0.29) is 5.52 Å². The highest BCUT2D eigenvalue weighted by Crippen LogP contribution is 2.30. The maximum atomic E-state index is 13.3. The first kappa shape index (κ1) is 22.1. The first-order valence-electron chi connectivity index (χ1n) is 10.5. The van der Waals surface area contributed by atoms with Crippen LogP contribution in [0.4, 0.5) is 5.69 Å². The molecule has 4 rings (SSSR count). The van der Waals surface area contributed by atoms with Gasteiger partial charge in [0.2, 0.25) is 5.91 Å². The summed E-state index contributed by atoms with van der Waals surface area (Å²) in [4.78, 5) is 26.5. The van der Waals surface area contributed by atoms with Gasteiger partial charge in [-0.25, -0.2) is 4.68 Å². The van der Waals surface area contributed by atoms with Crippen molar-refractivity contribution in [2.75, 3.05) is 19.5 Å². The number of fused-ring (bicyclic) bond motifs is 1. The molecule has 0 saturated carbocycles. The molecule has 0 bridgehead atoms. The van der Waals surface area contributed by atoms with Crippen molar-refractivity contribution in [2.45, 2.75) is 26.3 Å². The Morgan fingerprint density at radius 3 is 2.67 bits per heavy atom. The maximum Gasteiger partial charge on any atom is 0.297 e. The van der Waals surface area contributed by atoms with Gasteiger partial charge in [-0.2, -0.15) is 5.10 Å². The van der Waals surface area contributed by atoms with E-state index in [1.165, 1.54) is 11.8 Å². The van der Waals surface area contributed by atoms with E-state index in [4.69, 9.17) is 14.0 Å². The van der Waals surface area contributed by atoms with E-state index in [1.807, 2.05) is 25.1 Å². The Kier molecular flexibility index (Phi) is 6.12. The SMILES string of the molecule is CC[C@H](C(=O)Nc1ccccc1OC)n1nc(-c2cccc(OC)c2)c2c(C)onc2c1=O. The molecule has 0 radical (unpaired) electrons. The van der Waals surface area contributed by atoms with Crippen LogP contribution in [0.1, 0.15) is 25.1 Å². The molecule has 170 valence electrons. The van der Waals surface area contributed by atoms with Crippen LogP contribution in [-0.2, 0) is 4.79 Å². The van der Waals surface area contributed by atoms with Crippen LogP contribution in [0.15, 0.2) is 57.8 Å². The van der Waals surface area contributed by atoms with E-state index in [2.05, 4.69) is 15.6 Å². The predicted molar refractivity (Wildman–Crippen MR) is 124 cm³/mol. The van der Waals surface area contributed by atoms with Crippen LogP contribution in [-0.4, -0.2) is 35.1 Å². The molecule has 0 fully saturated rings. The first-order valence-corrected chi connectivity index (χ1v) is 10.5. The molecule has 2 aromatic heterocycles. The van der Waals surface area contributed by atoms with Gasteiger partial charge in [0.15, 0.2) is 5.52 Å². The summed E-state index contributed by atoms with van der Waals surface area (Å²) in [5, 5.41) is 11.9. The molecule has 2 aromatic carbocycles. The zero-order valence-corrected chi connectivity index (χ0v) is 18.8. The largest absolute Gasteiger partial charge is 0.497 e. The Bertz CT molecular complexity index is 1380. The second kappa shape index (κ2) is 9.15. The summed E-state index contributed by atoms with van der Waals surface area (Å²) < 4.78 is 17.1. The lowest BCUT2D eigenvalue weighted by molar-refractivity contribution is -0.119. The number of nitrogens with zero attached hydrogens (tertiary/aromatic N) is 3. The fourth-order valence-electron chi connectivity index (χ4n) is 3.73. The lowest BCUT2D eigenvalue weighted by Gasteiger charge is -2.19. The fourth-order valence-corrected chi connectivity index (χ4v) is 3.73. The predicted octanol–water partition coefficient (Wildman–Crippen LogP) is 3.97. The van der Waals surface area contributed by atoms with Crippen LogP contribution in [0.25, 0.3) is 22.2 Å². The van der Waals surface area contributed by atoms with Crippen LogP contribution >= 0.6 is 0 Å². The molecule has 0 aliphatic heterocycles. The number of carbonyl (C=O) groups excluding carboxylic acids is 1. The summed E-state index contributed by atoms with van der Waals surface area (Å²) in [6.45, 7) is 3.53. The number of aromatic nitrogens is 3. The third-order valence-electron chi connectivity index (χ3n) is 5.41. The molecule has 33 heavy (non-hydrogen) atoms. The Labute approximate surface area is 189 Å². The van der Waals surface area contributed by atoms with Crippen LogP contribution < -0.4 is 20.3 Å². The third kappa shape index (κ3) is 4.05. The average molecular weight is 448 g/mol. The number of rotatable bonds is 7. The number of hydrogen-bond donors (Lipinski definition) is 1. The van der Waals surface area contributed by atoms with Crippen LogP contribution in [0, 0.1) is 6.92 Å². The number of aryl methyl sites for hydroxylation is 1. The molecule has 0 unspecified atom stereocenters. The topological polar surface area (TPSA) is 108 Å². The summed E-state index contributed by atoms with van der Waals surface area (Å²) in [5.74, 6) is 1.22. The number of nitrogens with one attached hydrogen (secondary N) is 1. The van der Waals surface area contributed by atoms with Gasteiger partial charge in [-0.1, -0.05) is 36.3 Å². The Hall–Kier alpha value is -4.14. The number of anilines is 1. The van der Waals surface area contributed by atoms with E-state index in [1.54, 1.807) is 44.4 Å². The molecular weight excluding hydrogens is 424 g/mol. The van der Waals surface area contributed by atoms with Gasteiger partial charge in [-0.15, -0.1) is 0 Å². The number of benzene rings is 2. The van der Waals surface area contributed by atoms with E-state index < -0.39 is 17.5 Å². The Morgan fingerprint density at radius 2 is 1.94 bits per heavy atom. The van der Waals surface area contributed by atoms with Gasteiger partial charge in [0, 0.05) is 5.56 Å². The zero-order valence-electron chi connectivity index (χ0n) is 18.8. The van der Waals surface area contributed by atoms with Gasteiger partial charge < -0.3 is 19.3 Å².